The third-order valence-corrected chi connectivity index (χ3v) is 4.07. The SMILES string of the molecule is C=CC(C)=C(C(=O)O)C1=Cc2cc(-c3ccccc3)ccc2OC1. The molecule has 0 aromatic heterocycles. The third-order valence-electron chi connectivity index (χ3n) is 4.07. The van der Waals surface area contributed by atoms with Gasteiger partial charge in [-0.15, -0.1) is 0 Å². The van der Waals surface area contributed by atoms with Crippen LogP contribution in [0.15, 0.2) is 77.9 Å². The van der Waals surface area contributed by atoms with E-state index in [0.717, 1.165) is 22.4 Å². The van der Waals surface area contributed by atoms with E-state index < -0.39 is 5.97 Å². The summed E-state index contributed by atoms with van der Waals surface area (Å²) in [5, 5.41) is 9.51. The second kappa shape index (κ2) is 6.59. The number of carboxylic acid groups (broad SMARTS) is 1. The van der Waals surface area contributed by atoms with Crippen molar-refractivity contribution in [1.29, 1.82) is 0 Å². The molecule has 24 heavy (non-hydrogen) atoms. The van der Waals surface area contributed by atoms with Crippen LogP contribution in [0.2, 0.25) is 0 Å². The predicted octanol–water partition coefficient (Wildman–Crippen LogP) is 4.72. The van der Waals surface area contributed by atoms with Gasteiger partial charge < -0.3 is 9.84 Å². The fourth-order valence-electron chi connectivity index (χ4n) is 2.79. The molecule has 1 N–H and O–H groups in total. The topological polar surface area (TPSA) is 46.5 Å². The molecule has 0 bridgehead atoms. The number of ether oxygens (including phenoxy) is 1. The largest absolute Gasteiger partial charge is 0.488 e. The highest BCUT2D eigenvalue weighted by Crippen LogP contribution is 2.33. The van der Waals surface area contributed by atoms with Gasteiger partial charge in [-0.1, -0.05) is 49.1 Å². The molecule has 0 saturated carbocycles. The van der Waals surface area contributed by atoms with Crippen molar-refractivity contribution in [2.75, 3.05) is 6.61 Å². The third kappa shape index (κ3) is 3.01. The molecule has 1 aliphatic rings. The van der Waals surface area contributed by atoms with Crippen LogP contribution < -0.4 is 4.74 Å². The molecular formula is C21H18O3. The van der Waals surface area contributed by atoms with E-state index in [-0.39, 0.29) is 12.2 Å². The molecule has 3 rings (SSSR count). The van der Waals surface area contributed by atoms with Crippen molar-refractivity contribution < 1.29 is 14.6 Å². The monoisotopic (exact) mass is 318 g/mol. The van der Waals surface area contributed by atoms with E-state index in [1.165, 1.54) is 0 Å². The average Bonchev–Trinajstić information content (AvgIpc) is 2.61. The molecule has 0 unspecified atom stereocenters. The van der Waals surface area contributed by atoms with E-state index in [2.05, 4.69) is 6.58 Å². The van der Waals surface area contributed by atoms with Crippen molar-refractivity contribution in [3.8, 4) is 16.9 Å². The Hall–Kier alpha value is -3.07. The molecule has 2 aromatic rings. The summed E-state index contributed by atoms with van der Waals surface area (Å²) in [6.45, 7) is 5.65. The fourth-order valence-corrected chi connectivity index (χ4v) is 2.79. The minimum atomic E-state index is -0.968. The standard InChI is InChI=1S/C21H18O3/c1-3-14(2)20(21(22)23)18-12-17-11-16(9-10-19(17)24-13-18)15-7-5-4-6-8-15/h3-12H,1,13H2,2H3,(H,22,23). The Morgan fingerprint density at radius 2 is 1.92 bits per heavy atom. The number of fused-ring (bicyclic) bond motifs is 1. The summed E-state index contributed by atoms with van der Waals surface area (Å²) in [5.74, 6) is -0.204. The maximum absolute atomic E-state index is 11.6. The zero-order valence-corrected chi connectivity index (χ0v) is 13.5. The Kier molecular flexibility index (Phi) is 4.34. The Morgan fingerprint density at radius 1 is 1.17 bits per heavy atom. The van der Waals surface area contributed by atoms with Crippen molar-refractivity contribution in [1.82, 2.24) is 0 Å². The van der Waals surface area contributed by atoms with Gasteiger partial charge in [0.05, 0.1) is 5.57 Å². The van der Waals surface area contributed by atoms with Gasteiger partial charge >= 0.3 is 5.97 Å². The van der Waals surface area contributed by atoms with Gasteiger partial charge in [-0.25, -0.2) is 4.79 Å². The zero-order valence-electron chi connectivity index (χ0n) is 13.5. The lowest BCUT2D eigenvalue weighted by Gasteiger charge is -2.20. The van der Waals surface area contributed by atoms with Crippen LogP contribution in [-0.2, 0) is 4.79 Å². The van der Waals surface area contributed by atoms with Crippen LogP contribution in [0, 0.1) is 0 Å². The predicted molar refractivity (Wildman–Crippen MR) is 95.9 cm³/mol. The molecule has 120 valence electrons. The minimum Gasteiger partial charge on any atom is -0.488 e. The normalized spacial score (nSPS) is 14.0. The summed E-state index contributed by atoms with van der Waals surface area (Å²) < 4.78 is 5.75. The number of rotatable bonds is 4. The van der Waals surface area contributed by atoms with Crippen molar-refractivity contribution in [2.24, 2.45) is 0 Å². The molecule has 1 heterocycles. The second-order valence-electron chi connectivity index (χ2n) is 5.64. The first-order chi connectivity index (χ1) is 11.6. The second-order valence-corrected chi connectivity index (χ2v) is 5.64. The molecular weight excluding hydrogens is 300 g/mol. The van der Waals surface area contributed by atoms with Gasteiger partial charge in [-0.2, -0.15) is 0 Å². The van der Waals surface area contributed by atoms with Crippen LogP contribution in [0.4, 0.5) is 0 Å². The van der Waals surface area contributed by atoms with Crippen molar-refractivity contribution in [3.05, 3.63) is 83.5 Å². The fraction of sp³-hybridized carbons (Fsp3) is 0.0952. The highest BCUT2D eigenvalue weighted by Gasteiger charge is 2.21. The van der Waals surface area contributed by atoms with E-state index in [1.807, 2.05) is 54.6 Å². The average molecular weight is 318 g/mol. The highest BCUT2D eigenvalue weighted by molar-refractivity contribution is 5.95. The van der Waals surface area contributed by atoms with Crippen LogP contribution in [0.3, 0.4) is 0 Å². The van der Waals surface area contributed by atoms with E-state index in [0.29, 0.717) is 11.1 Å². The summed E-state index contributed by atoms with van der Waals surface area (Å²) >= 11 is 0. The van der Waals surface area contributed by atoms with Crippen LogP contribution in [-0.4, -0.2) is 17.7 Å². The van der Waals surface area contributed by atoms with Gasteiger partial charge in [0, 0.05) is 11.1 Å². The van der Waals surface area contributed by atoms with Crippen LogP contribution in [0.5, 0.6) is 5.75 Å². The van der Waals surface area contributed by atoms with Crippen molar-refractivity contribution in [2.45, 2.75) is 6.92 Å². The number of aliphatic carboxylic acids is 1. The molecule has 0 fully saturated rings. The number of carbonyl (C=O) groups is 1. The molecule has 0 aliphatic carbocycles. The Bertz CT molecular complexity index is 858. The summed E-state index contributed by atoms with van der Waals surface area (Å²) in [5.41, 5.74) is 4.58. The highest BCUT2D eigenvalue weighted by atomic mass is 16.5. The minimum absolute atomic E-state index is 0.241. The van der Waals surface area contributed by atoms with Crippen molar-refractivity contribution >= 4 is 12.0 Å². The molecule has 0 saturated heterocycles. The zero-order chi connectivity index (χ0) is 17.1. The number of benzene rings is 2. The number of allylic oxidation sites excluding steroid dienone is 2. The summed E-state index contributed by atoms with van der Waals surface area (Å²) in [4.78, 5) is 11.6. The van der Waals surface area contributed by atoms with Crippen LogP contribution in [0.25, 0.3) is 17.2 Å². The lowest BCUT2D eigenvalue weighted by Crippen LogP contribution is -2.15. The first-order valence-electron chi connectivity index (χ1n) is 7.70. The Balaban J connectivity index is 2.07. The van der Waals surface area contributed by atoms with Gasteiger partial charge in [0.2, 0.25) is 0 Å². The van der Waals surface area contributed by atoms with Gasteiger partial charge in [0.15, 0.2) is 0 Å². The smallest absolute Gasteiger partial charge is 0.336 e. The van der Waals surface area contributed by atoms with Crippen molar-refractivity contribution in [3.63, 3.8) is 0 Å². The van der Waals surface area contributed by atoms with E-state index in [1.54, 1.807) is 13.0 Å². The molecule has 0 atom stereocenters. The molecule has 2 aromatic carbocycles. The first-order valence-corrected chi connectivity index (χ1v) is 7.70. The Labute approximate surface area is 141 Å². The van der Waals surface area contributed by atoms with Gasteiger partial charge in [0.1, 0.15) is 12.4 Å². The first kappa shape index (κ1) is 15.8. The van der Waals surface area contributed by atoms with Crippen LogP contribution >= 0.6 is 0 Å². The van der Waals surface area contributed by atoms with Gasteiger partial charge in [-0.3, -0.25) is 0 Å². The number of hydrogen-bond donors (Lipinski definition) is 1. The maximum atomic E-state index is 11.6. The summed E-state index contributed by atoms with van der Waals surface area (Å²) in [6, 6.07) is 16.0. The van der Waals surface area contributed by atoms with Gasteiger partial charge in [0.25, 0.3) is 0 Å². The molecule has 0 amide bonds. The maximum Gasteiger partial charge on any atom is 0.336 e. The molecule has 1 aliphatic heterocycles. The lowest BCUT2D eigenvalue weighted by atomic mass is 9.95. The number of hydrogen-bond acceptors (Lipinski definition) is 2. The Morgan fingerprint density at radius 3 is 2.58 bits per heavy atom. The summed E-state index contributed by atoms with van der Waals surface area (Å²) in [6.07, 6.45) is 3.45. The quantitative estimate of drug-likeness (QED) is 0.655. The summed E-state index contributed by atoms with van der Waals surface area (Å²) in [7, 11) is 0. The molecule has 3 heteroatoms. The van der Waals surface area contributed by atoms with Gasteiger partial charge in [-0.05, 0) is 41.8 Å². The van der Waals surface area contributed by atoms with E-state index in [9.17, 15) is 9.90 Å². The lowest BCUT2D eigenvalue weighted by molar-refractivity contribution is -0.132. The molecule has 0 spiro atoms. The van der Waals surface area contributed by atoms with E-state index >= 15 is 0 Å². The van der Waals surface area contributed by atoms with E-state index in [4.69, 9.17) is 4.74 Å². The van der Waals surface area contributed by atoms with Crippen LogP contribution in [0.1, 0.15) is 12.5 Å². The number of carboxylic acids is 1. The molecule has 0 radical (unpaired) electrons. The molecule has 3 nitrogen and oxygen atoms in total.